The van der Waals surface area contributed by atoms with Crippen molar-refractivity contribution in [3.8, 4) is 5.75 Å². The summed E-state index contributed by atoms with van der Waals surface area (Å²) < 4.78 is 5.43. The molecule has 0 aromatic heterocycles. The number of carbonyl (C=O) groups excluding carboxylic acids is 1. The first-order valence-corrected chi connectivity index (χ1v) is 6.14. The molecule has 1 aliphatic rings. The molecule has 2 rings (SSSR count). The van der Waals surface area contributed by atoms with Crippen molar-refractivity contribution in [1.29, 1.82) is 0 Å². The third-order valence-electron chi connectivity index (χ3n) is 3.30. The monoisotopic (exact) mass is 263 g/mol. The van der Waals surface area contributed by atoms with Crippen LogP contribution < -0.4 is 10.1 Å². The zero-order valence-corrected chi connectivity index (χ0v) is 11.0. The predicted octanol–water partition coefficient (Wildman–Crippen LogP) is 1.39. The maximum Gasteiger partial charge on any atom is 0.310 e. The van der Waals surface area contributed by atoms with Gasteiger partial charge in [-0.05, 0) is 19.9 Å². The molecule has 0 radical (unpaired) electrons. The lowest BCUT2D eigenvalue weighted by Crippen LogP contribution is -2.41. The lowest BCUT2D eigenvalue weighted by Gasteiger charge is -2.20. The van der Waals surface area contributed by atoms with Gasteiger partial charge in [0.15, 0.2) is 0 Å². The van der Waals surface area contributed by atoms with E-state index >= 15 is 0 Å². The first-order chi connectivity index (χ1) is 8.92. The van der Waals surface area contributed by atoms with E-state index in [4.69, 9.17) is 9.84 Å². The Hall–Kier alpha value is -2.04. The first kappa shape index (κ1) is 13.4. The van der Waals surface area contributed by atoms with E-state index in [-0.39, 0.29) is 18.4 Å². The summed E-state index contributed by atoms with van der Waals surface area (Å²) in [6.45, 7) is 3.56. The van der Waals surface area contributed by atoms with Gasteiger partial charge in [0, 0.05) is 12.1 Å². The minimum absolute atomic E-state index is 0.0971. The quantitative estimate of drug-likeness (QED) is 0.860. The number of benzene rings is 1. The molecule has 102 valence electrons. The van der Waals surface area contributed by atoms with Gasteiger partial charge in [-0.25, -0.2) is 0 Å². The number of para-hydroxylation sites is 1. The summed E-state index contributed by atoms with van der Waals surface area (Å²) in [7, 11) is 0. The van der Waals surface area contributed by atoms with Crippen LogP contribution in [0, 0.1) is 5.41 Å². The van der Waals surface area contributed by atoms with Gasteiger partial charge in [0.25, 0.3) is 0 Å². The number of fused-ring (bicyclic) bond motifs is 1. The number of hydrogen-bond acceptors (Lipinski definition) is 3. The number of carboxylic acid groups (broad SMARTS) is 1. The Labute approximate surface area is 111 Å². The van der Waals surface area contributed by atoms with Crippen LogP contribution in [0.4, 0.5) is 0 Å². The number of nitrogens with one attached hydrogen (secondary N) is 1. The van der Waals surface area contributed by atoms with E-state index in [1.54, 1.807) is 13.8 Å². The molecule has 1 heterocycles. The van der Waals surface area contributed by atoms with Crippen LogP contribution in [0.25, 0.3) is 0 Å². The summed E-state index contributed by atoms with van der Waals surface area (Å²) in [5, 5.41) is 11.7. The molecular weight excluding hydrogens is 246 g/mol. The van der Waals surface area contributed by atoms with Crippen molar-refractivity contribution in [3.05, 3.63) is 29.8 Å². The zero-order valence-electron chi connectivity index (χ0n) is 11.0. The molecule has 0 fully saturated rings. The Bertz CT molecular complexity index is 510. The third-order valence-corrected chi connectivity index (χ3v) is 3.30. The molecule has 0 bridgehead atoms. The van der Waals surface area contributed by atoms with Gasteiger partial charge in [-0.15, -0.1) is 0 Å². The summed E-state index contributed by atoms with van der Waals surface area (Å²) >= 11 is 0. The standard InChI is InChI=1S/C14H17NO4/c1-14(2,13(17)18)8-15-12(16)10-7-19-11-6-4-3-5-9(10)11/h3-6,10H,7-8H2,1-2H3,(H,15,16)(H,17,18). The Morgan fingerprint density at radius 3 is 2.79 bits per heavy atom. The molecule has 5 nitrogen and oxygen atoms in total. The van der Waals surface area contributed by atoms with E-state index in [0.29, 0.717) is 6.61 Å². The van der Waals surface area contributed by atoms with Crippen molar-refractivity contribution in [1.82, 2.24) is 5.32 Å². The van der Waals surface area contributed by atoms with Crippen molar-refractivity contribution < 1.29 is 19.4 Å². The summed E-state index contributed by atoms with van der Waals surface area (Å²) in [6.07, 6.45) is 0. The predicted molar refractivity (Wildman–Crippen MR) is 69.1 cm³/mol. The Kier molecular flexibility index (Phi) is 3.46. The van der Waals surface area contributed by atoms with Crippen LogP contribution in [0.5, 0.6) is 5.75 Å². The van der Waals surface area contributed by atoms with Crippen LogP contribution in [-0.4, -0.2) is 30.1 Å². The molecule has 0 spiro atoms. The number of ether oxygens (including phenoxy) is 1. The molecule has 2 N–H and O–H groups in total. The number of hydrogen-bond donors (Lipinski definition) is 2. The molecular formula is C14H17NO4. The fraction of sp³-hybridized carbons (Fsp3) is 0.429. The highest BCUT2D eigenvalue weighted by atomic mass is 16.5. The van der Waals surface area contributed by atoms with Crippen LogP contribution in [0.15, 0.2) is 24.3 Å². The van der Waals surface area contributed by atoms with Crippen LogP contribution in [0.2, 0.25) is 0 Å². The van der Waals surface area contributed by atoms with Crippen molar-refractivity contribution in [2.24, 2.45) is 5.41 Å². The molecule has 1 aromatic rings. The van der Waals surface area contributed by atoms with E-state index < -0.39 is 11.4 Å². The lowest BCUT2D eigenvalue weighted by molar-refractivity contribution is -0.146. The van der Waals surface area contributed by atoms with Gasteiger partial charge in [-0.1, -0.05) is 18.2 Å². The van der Waals surface area contributed by atoms with Gasteiger partial charge in [0.2, 0.25) is 5.91 Å². The first-order valence-electron chi connectivity index (χ1n) is 6.14. The Morgan fingerprint density at radius 2 is 2.11 bits per heavy atom. The summed E-state index contributed by atoms with van der Waals surface area (Å²) in [6, 6.07) is 7.39. The summed E-state index contributed by atoms with van der Waals surface area (Å²) in [5.74, 6) is -0.768. The van der Waals surface area contributed by atoms with Crippen molar-refractivity contribution >= 4 is 11.9 Å². The molecule has 5 heteroatoms. The second kappa shape index (κ2) is 4.91. The van der Waals surface area contributed by atoms with Gasteiger partial charge < -0.3 is 15.2 Å². The number of amides is 1. The van der Waals surface area contributed by atoms with Crippen LogP contribution in [0.3, 0.4) is 0 Å². The maximum atomic E-state index is 12.1. The smallest absolute Gasteiger partial charge is 0.310 e. The van der Waals surface area contributed by atoms with Gasteiger partial charge in [-0.3, -0.25) is 9.59 Å². The van der Waals surface area contributed by atoms with E-state index in [1.165, 1.54) is 0 Å². The molecule has 0 saturated heterocycles. The van der Waals surface area contributed by atoms with Crippen LogP contribution in [-0.2, 0) is 9.59 Å². The molecule has 1 aromatic carbocycles. The molecule has 1 atom stereocenters. The van der Waals surface area contributed by atoms with Gasteiger partial charge in [0.05, 0.1) is 5.41 Å². The minimum atomic E-state index is -0.978. The maximum absolute atomic E-state index is 12.1. The minimum Gasteiger partial charge on any atom is -0.492 e. The molecule has 1 unspecified atom stereocenters. The normalized spacial score (nSPS) is 17.5. The fourth-order valence-electron chi connectivity index (χ4n) is 1.89. The highest BCUT2D eigenvalue weighted by Crippen LogP contribution is 2.33. The van der Waals surface area contributed by atoms with E-state index in [9.17, 15) is 9.59 Å². The molecule has 19 heavy (non-hydrogen) atoms. The van der Waals surface area contributed by atoms with Crippen molar-refractivity contribution in [2.75, 3.05) is 13.2 Å². The second-order valence-corrected chi connectivity index (χ2v) is 5.31. The Morgan fingerprint density at radius 1 is 1.42 bits per heavy atom. The fourth-order valence-corrected chi connectivity index (χ4v) is 1.89. The van der Waals surface area contributed by atoms with Gasteiger partial charge >= 0.3 is 5.97 Å². The average molecular weight is 263 g/mol. The largest absolute Gasteiger partial charge is 0.492 e. The van der Waals surface area contributed by atoms with Crippen LogP contribution in [0.1, 0.15) is 25.3 Å². The molecule has 0 aliphatic carbocycles. The second-order valence-electron chi connectivity index (χ2n) is 5.31. The summed E-state index contributed by atoms with van der Waals surface area (Å²) in [4.78, 5) is 23.1. The molecule has 1 amide bonds. The Balaban J connectivity index is 2.01. The zero-order chi connectivity index (χ0) is 14.0. The topological polar surface area (TPSA) is 75.6 Å². The third kappa shape index (κ3) is 2.70. The van der Waals surface area contributed by atoms with Gasteiger partial charge in [-0.2, -0.15) is 0 Å². The molecule has 0 saturated carbocycles. The SMILES string of the molecule is CC(C)(CNC(=O)C1COc2ccccc21)C(=O)O. The van der Waals surface area contributed by atoms with E-state index in [0.717, 1.165) is 11.3 Å². The van der Waals surface area contributed by atoms with Crippen molar-refractivity contribution in [2.45, 2.75) is 19.8 Å². The number of rotatable bonds is 4. The van der Waals surface area contributed by atoms with Crippen molar-refractivity contribution in [3.63, 3.8) is 0 Å². The number of carboxylic acids is 1. The van der Waals surface area contributed by atoms with Crippen LogP contribution >= 0.6 is 0 Å². The molecule has 1 aliphatic heterocycles. The number of aliphatic carboxylic acids is 1. The average Bonchev–Trinajstić information content (AvgIpc) is 2.79. The highest BCUT2D eigenvalue weighted by Gasteiger charge is 2.33. The summed E-state index contributed by atoms with van der Waals surface area (Å²) in [5.41, 5.74) is -0.123. The van der Waals surface area contributed by atoms with Gasteiger partial charge in [0.1, 0.15) is 18.3 Å². The van der Waals surface area contributed by atoms with E-state index in [1.807, 2.05) is 24.3 Å². The highest BCUT2D eigenvalue weighted by molar-refractivity contribution is 5.86. The number of carbonyl (C=O) groups is 2. The lowest BCUT2D eigenvalue weighted by atomic mass is 9.93. The van der Waals surface area contributed by atoms with E-state index in [2.05, 4.69) is 5.32 Å².